The first-order valence-corrected chi connectivity index (χ1v) is 15.2. The number of H-pyrrole nitrogens is 1. The van der Waals surface area contributed by atoms with E-state index < -0.39 is 33.9 Å². The number of halogens is 1. The lowest BCUT2D eigenvalue weighted by molar-refractivity contribution is -0.125. The highest BCUT2D eigenvalue weighted by molar-refractivity contribution is 8.32. The van der Waals surface area contributed by atoms with E-state index in [0.29, 0.717) is 33.8 Å². The molecule has 2 aromatic rings. The van der Waals surface area contributed by atoms with E-state index in [1.807, 2.05) is 0 Å². The van der Waals surface area contributed by atoms with E-state index in [0.717, 1.165) is 12.8 Å². The summed E-state index contributed by atoms with van der Waals surface area (Å²) in [5.74, 6) is -0.277. The number of carbonyl (C=O) groups is 3. The Hall–Kier alpha value is -2.90. The Kier molecular flexibility index (Phi) is 7.17. The molecule has 11 heteroatoms. The van der Waals surface area contributed by atoms with Crippen LogP contribution in [0.25, 0.3) is 10.9 Å². The van der Waals surface area contributed by atoms with E-state index >= 15 is 0 Å². The third-order valence-corrected chi connectivity index (χ3v) is 8.21. The Balaban J connectivity index is 1.47. The molecule has 3 amide bonds. The highest BCUT2D eigenvalue weighted by Gasteiger charge is 2.52. The largest absolute Gasteiger partial charge is 0.496 e. The van der Waals surface area contributed by atoms with Crippen molar-refractivity contribution in [1.82, 2.24) is 20.9 Å². The van der Waals surface area contributed by atoms with E-state index in [1.165, 1.54) is 7.11 Å². The molecule has 4 rings (SSSR count). The minimum Gasteiger partial charge on any atom is -0.496 e. The number of nitrogens with one attached hydrogen (secondary N) is 4. The summed E-state index contributed by atoms with van der Waals surface area (Å²) in [7, 11) is 0.335. The predicted molar refractivity (Wildman–Crippen MR) is 142 cm³/mol. The summed E-state index contributed by atoms with van der Waals surface area (Å²) in [6.45, 7) is 0. The summed E-state index contributed by atoms with van der Waals surface area (Å²) in [6, 6.07) is 5.47. The van der Waals surface area contributed by atoms with Crippen LogP contribution < -0.4 is 20.7 Å². The molecule has 1 saturated carbocycles. The number of ether oxygens (including phenoxy) is 1. The van der Waals surface area contributed by atoms with Gasteiger partial charge in [-0.05, 0) is 62.6 Å². The molecule has 9 nitrogen and oxygen atoms in total. The zero-order valence-electron chi connectivity index (χ0n) is 20.9. The number of hydrogen-bond donors (Lipinski definition) is 4. The average molecular weight is 534 g/mol. The number of nitriles is 1. The molecule has 1 aromatic carbocycles. The van der Waals surface area contributed by atoms with Crippen molar-refractivity contribution >= 4 is 50.3 Å². The zero-order chi connectivity index (χ0) is 26.3. The van der Waals surface area contributed by atoms with Crippen molar-refractivity contribution in [2.75, 3.05) is 31.6 Å². The predicted octanol–water partition coefficient (Wildman–Crippen LogP) is 2.69. The molecule has 2 heterocycles. The van der Waals surface area contributed by atoms with Gasteiger partial charge < -0.3 is 25.7 Å². The SMILES string of the molecule is COc1cc(Cl)cc2[nH]c(C(=O)N[C@@H](CS(C)(C)C)C(=O)N[C@H](C#N)C[C@@H]3CC4(CC4)NC3=O)cc12. The molecule has 1 aliphatic heterocycles. The van der Waals surface area contributed by atoms with Crippen LogP contribution in [0.3, 0.4) is 0 Å². The van der Waals surface area contributed by atoms with Crippen LogP contribution in [-0.2, 0) is 9.59 Å². The van der Waals surface area contributed by atoms with Crippen LogP contribution in [0.1, 0.15) is 36.2 Å². The van der Waals surface area contributed by atoms with Gasteiger partial charge in [0, 0.05) is 27.6 Å². The van der Waals surface area contributed by atoms with Gasteiger partial charge in [-0.15, -0.1) is 0 Å². The lowest BCUT2D eigenvalue weighted by Gasteiger charge is -2.31. The van der Waals surface area contributed by atoms with Crippen LogP contribution in [-0.4, -0.2) is 72.0 Å². The lowest BCUT2D eigenvalue weighted by Crippen LogP contribution is -2.52. The topological polar surface area (TPSA) is 136 Å². The molecule has 4 N–H and O–H groups in total. The van der Waals surface area contributed by atoms with Crippen LogP contribution in [0.5, 0.6) is 5.75 Å². The van der Waals surface area contributed by atoms with E-state index in [4.69, 9.17) is 16.3 Å². The summed E-state index contributed by atoms with van der Waals surface area (Å²) in [4.78, 5) is 41.8. The molecule has 0 unspecified atom stereocenters. The number of aromatic nitrogens is 1. The number of fused-ring (bicyclic) bond motifs is 1. The molecule has 1 spiro atoms. The molecule has 0 bridgehead atoms. The number of rotatable bonds is 9. The molecular formula is C25H32ClN5O4S. The fourth-order valence-corrected chi connectivity index (χ4v) is 6.17. The fourth-order valence-electron chi connectivity index (χ4n) is 4.73. The van der Waals surface area contributed by atoms with Gasteiger partial charge in [-0.25, -0.2) is 10.0 Å². The number of amides is 3. The van der Waals surface area contributed by atoms with Crippen LogP contribution >= 0.6 is 21.6 Å². The highest BCUT2D eigenvalue weighted by Crippen LogP contribution is 2.46. The summed E-state index contributed by atoms with van der Waals surface area (Å²) in [5.41, 5.74) is 0.811. The van der Waals surface area contributed by atoms with Crippen molar-refractivity contribution < 1.29 is 19.1 Å². The van der Waals surface area contributed by atoms with Gasteiger partial charge in [0.2, 0.25) is 11.8 Å². The number of aromatic amines is 1. The molecule has 1 aliphatic carbocycles. The van der Waals surface area contributed by atoms with Crippen molar-refractivity contribution in [3.63, 3.8) is 0 Å². The normalized spacial score (nSPS) is 20.3. The van der Waals surface area contributed by atoms with Gasteiger partial charge in [-0.2, -0.15) is 5.26 Å². The van der Waals surface area contributed by atoms with Gasteiger partial charge in [-0.3, -0.25) is 14.4 Å². The maximum Gasteiger partial charge on any atom is 0.268 e. The Bertz CT molecular complexity index is 1240. The van der Waals surface area contributed by atoms with E-state index in [2.05, 4.69) is 45.8 Å². The van der Waals surface area contributed by atoms with E-state index in [1.54, 1.807) is 18.2 Å². The second-order valence-electron chi connectivity index (χ2n) is 10.6. The standard InChI is InChI=1S/C25H32ClN5O4S/c1-35-21-9-15(26)8-18-17(21)10-19(29-18)23(33)30-20(13-36(2,3)4)24(34)28-16(12-27)7-14-11-25(5-6-25)31-22(14)32/h8-10,14,16,20,29H,5-7,11,13H2,1-4H3,(H,28,34)(H,30,33)(H,31,32)/t14-,16+,20+/m1/s1. The molecular weight excluding hydrogens is 502 g/mol. The summed E-state index contributed by atoms with van der Waals surface area (Å²) in [6.07, 6.45) is 9.03. The van der Waals surface area contributed by atoms with E-state index in [9.17, 15) is 19.6 Å². The van der Waals surface area contributed by atoms with Gasteiger partial charge >= 0.3 is 0 Å². The second-order valence-corrected chi connectivity index (χ2v) is 15.6. The van der Waals surface area contributed by atoms with Gasteiger partial charge in [-0.1, -0.05) is 11.6 Å². The average Bonchev–Trinajstić information content (AvgIpc) is 3.27. The van der Waals surface area contributed by atoms with Crippen molar-refractivity contribution in [1.29, 1.82) is 5.26 Å². The molecule has 2 aliphatic rings. The van der Waals surface area contributed by atoms with E-state index in [-0.39, 0.29) is 29.5 Å². The summed E-state index contributed by atoms with van der Waals surface area (Å²) in [5, 5.41) is 19.5. The van der Waals surface area contributed by atoms with Gasteiger partial charge in [0.25, 0.3) is 5.91 Å². The molecule has 0 radical (unpaired) electrons. The number of hydrogen-bond acceptors (Lipinski definition) is 5. The first kappa shape index (κ1) is 26.2. The third-order valence-electron chi connectivity index (χ3n) is 6.66. The Labute approximate surface area is 217 Å². The quantitative estimate of drug-likeness (QED) is 0.393. The van der Waals surface area contributed by atoms with Crippen LogP contribution in [0.15, 0.2) is 18.2 Å². The minimum atomic E-state index is -1.19. The highest BCUT2D eigenvalue weighted by atomic mass is 35.5. The molecule has 1 aromatic heterocycles. The third kappa shape index (κ3) is 5.90. The Morgan fingerprint density at radius 1 is 1.28 bits per heavy atom. The maximum absolute atomic E-state index is 13.3. The minimum absolute atomic E-state index is 0.0552. The first-order valence-electron chi connectivity index (χ1n) is 11.8. The second kappa shape index (κ2) is 9.87. The molecule has 1 saturated heterocycles. The first-order chi connectivity index (χ1) is 16.9. The van der Waals surface area contributed by atoms with Crippen molar-refractivity contribution in [2.24, 2.45) is 5.92 Å². The Morgan fingerprint density at radius 2 is 2.00 bits per heavy atom. The Morgan fingerprint density at radius 3 is 2.58 bits per heavy atom. The van der Waals surface area contributed by atoms with Crippen LogP contribution in [0.4, 0.5) is 0 Å². The number of benzene rings is 1. The van der Waals surface area contributed by atoms with Crippen molar-refractivity contribution in [2.45, 2.75) is 43.3 Å². The lowest BCUT2D eigenvalue weighted by atomic mass is 9.96. The maximum atomic E-state index is 13.3. The van der Waals surface area contributed by atoms with Gasteiger partial charge in [0.05, 0.1) is 18.7 Å². The fraction of sp³-hybridized carbons (Fsp3) is 0.520. The van der Waals surface area contributed by atoms with Gasteiger partial charge in [0.15, 0.2) is 0 Å². The summed E-state index contributed by atoms with van der Waals surface area (Å²) < 4.78 is 5.37. The smallest absolute Gasteiger partial charge is 0.268 e. The number of methoxy groups -OCH3 is 1. The van der Waals surface area contributed by atoms with Gasteiger partial charge in [0.1, 0.15) is 23.5 Å². The monoisotopic (exact) mass is 533 g/mol. The molecule has 2 fully saturated rings. The summed E-state index contributed by atoms with van der Waals surface area (Å²) >= 11 is 6.14. The molecule has 194 valence electrons. The number of carbonyl (C=O) groups excluding carboxylic acids is 3. The van der Waals surface area contributed by atoms with Crippen molar-refractivity contribution in [3.8, 4) is 11.8 Å². The number of nitrogens with zero attached hydrogens (tertiary/aromatic N) is 1. The van der Waals surface area contributed by atoms with Crippen molar-refractivity contribution in [3.05, 3.63) is 28.9 Å². The van der Waals surface area contributed by atoms with Crippen LogP contribution in [0.2, 0.25) is 5.02 Å². The van der Waals surface area contributed by atoms with Crippen LogP contribution in [0, 0.1) is 17.2 Å². The molecule has 36 heavy (non-hydrogen) atoms. The molecule has 3 atom stereocenters. The zero-order valence-corrected chi connectivity index (χ0v) is 22.4.